The van der Waals surface area contributed by atoms with E-state index in [1.807, 2.05) is 12.1 Å². The molecule has 0 saturated carbocycles. The number of nitrogens with zero attached hydrogens (tertiary/aromatic N) is 2. The van der Waals surface area contributed by atoms with E-state index in [9.17, 15) is 0 Å². The van der Waals surface area contributed by atoms with Crippen LogP contribution in [0.3, 0.4) is 0 Å². The Kier molecular flexibility index (Phi) is 3.66. The lowest BCUT2D eigenvalue weighted by atomic mass is 10.4. The molecular formula is C10H14N2OS2. The van der Waals surface area contributed by atoms with Crippen LogP contribution in [0.2, 0.25) is 0 Å². The van der Waals surface area contributed by atoms with Gasteiger partial charge in [0.15, 0.2) is 0 Å². The molecule has 2 rings (SSSR count). The second-order valence-electron chi connectivity index (χ2n) is 3.45. The summed E-state index contributed by atoms with van der Waals surface area (Å²) in [6.45, 7) is 4.91. The van der Waals surface area contributed by atoms with Gasteiger partial charge >= 0.3 is 0 Å². The molecule has 1 aliphatic heterocycles. The van der Waals surface area contributed by atoms with Crippen LogP contribution in [0.1, 0.15) is 12.7 Å². The zero-order valence-electron chi connectivity index (χ0n) is 8.68. The maximum Gasteiger partial charge on any atom is 0.139 e. The Labute approximate surface area is 99.4 Å². The third-order valence-corrected chi connectivity index (χ3v) is 3.98. The van der Waals surface area contributed by atoms with Gasteiger partial charge in [-0.05, 0) is 18.7 Å². The Morgan fingerprint density at radius 1 is 1.60 bits per heavy atom. The summed E-state index contributed by atoms with van der Waals surface area (Å²) in [5.74, 6) is 1.97. The van der Waals surface area contributed by atoms with E-state index in [-0.39, 0.29) is 0 Å². The van der Waals surface area contributed by atoms with Crippen LogP contribution in [0.5, 0.6) is 0 Å². The van der Waals surface area contributed by atoms with E-state index in [1.54, 1.807) is 18.0 Å². The van der Waals surface area contributed by atoms with Gasteiger partial charge in [0, 0.05) is 0 Å². The summed E-state index contributed by atoms with van der Waals surface area (Å²) < 4.78 is 6.29. The lowest BCUT2D eigenvalue weighted by Gasteiger charge is -2.35. The lowest BCUT2D eigenvalue weighted by molar-refractivity contribution is 0.207. The highest BCUT2D eigenvalue weighted by Crippen LogP contribution is 2.20. The standard InChI is InChI=1S/C10H14N2OS2/c1-2-11-7-12(10(14)15-8-11)6-9-4-3-5-13-9/h3-5H,2,6-8H2,1H3. The molecule has 0 N–H and O–H groups in total. The van der Waals surface area contributed by atoms with Crippen LogP contribution in [0.15, 0.2) is 22.8 Å². The van der Waals surface area contributed by atoms with Gasteiger partial charge < -0.3 is 9.32 Å². The van der Waals surface area contributed by atoms with Crippen molar-refractivity contribution in [2.45, 2.75) is 13.5 Å². The van der Waals surface area contributed by atoms with Crippen molar-refractivity contribution < 1.29 is 4.42 Å². The minimum absolute atomic E-state index is 0.773. The van der Waals surface area contributed by atoms with Crippen LogP contribution in [0, 0.1) is 0 Å². The third-order valence-electron chi connectivity index (χ3n) is 2.37. The normalized spacial score (nSPS) is 18.5. The van der Waals surface area contributed by atoms with Crippen LogP contribution in [-0.2, 0) is 6.54 Å². The van der Waals surface area contributed by atoms with E-state index in [0.29, 0.717) is 0 Å². The zero-order chi connectivity index (χ0) is 10.7. The van der Waals surface area contributed by atoms with Gasteiger partial charge in [-0.3, -0.25) is 4.90 Å². The summed E-state index contributed by atoms with van der Waals surface area (Å²) in [7, 11) is 0. The van der Waals surface area contributed by atoms with Crippen molar-refractivity contribution in [3.8, 4) is 0 Å². The number of hydrogen-bond donors (Lipinski definition) is 0. The quantitative estimate of drug-likeness (QED) is 0.756. The van der Waals surface area contributed by atoms with Crippen LogP contribution >= 0.6 is 24.0 Å². The van der Waals surface area contributed by atoms with E-state index in [2.05, 4.69) is 16.7 Å². The van der Waals surface area contributed by atoms with Crippen LogP contribution < -0.4 is 0 Å². The van der Waals surface area contributed by atoms with Crippen LogP contribution in [0.4, 0.5) is 0 Å². The van der Waals surface area contributed by atoms with Crippen molar-refractivity contribution in [3.63, 3.8) is 0 Å². The molecule has 0 unspecified atom stereocenters. The summed E-state index contributed by atoms with van der Waals surface area (Å²) in [5, 5.41) is 0. The summed E-state index contributed by atoms with van der Waals surface area (Å²) in [5.41, 5.74) is 0. The average Bonchev–Trinajstić information content (AvgIpc) is 2.74. The Hall–Kier alpha value is -0.520. The van der Waals surface area contributed by atoms with Crippen molar-refractivity contribution in [3.05, 3.63) is 24.2 Å². The zero-order valence-corrected chi connectivity index (χ0v) is 10.3. The molecular weight excluding hydrogens is 228 g/mol. The highest BCUT2D eigenvalue weighted by Gasteiger charge is 2.21. The van der Waals surface area contributed by atoms with Crippen molar-refractivity contribution in [2.75, 3.05) is 19.1 Å². The first-order chi connectivity index (χ1) is 7.29. The molecule has 5 heteroatoms. The first-order valence-corrected chi connectivity index (χ1v) is 6.35. The molecule has 15 heavy (non-hydrogen) atoms. The van der Waals surface area contributed by atoms with Gasteiger partial charge in [0.2, 0.25) is 0 Å². The van der Waals surface area contributed by atoms with E-state index < -0.39 is 0 Å². The predicted octanol–water partition coefficient (Wildman–Crippen LogP) is 2.35. The first kappa shape index (κ1) is 11.0. The number of hydrogen-bond acceptors (Lipinski definition) is 4. The van der Waals surface area contributed by atoms with E-state index in [0.717, 1.165) is 35.7 Å². The monoisotopic (exact) mass is 242 g/mol. The van der Waals surface area contributed by atoms with E-state index in [4.69, 9.17) is 16.6 Å². The highest BCUT2D eigenvalue weighted by molar-refractivity contribution is 8.22. The van der Waals surface area contributed by atoms with Crippen molar-refractivity contribution in [2.24, 2.45) is 0 Å². The minimum Gasteiger partial charge on any atom is -0.467 e. The molecule has 1 saturated heterocycles. The summed E-state index contributed by atoms with van der Waals surface area (Å²) in [6.07, 6.45) is 1.70. The number of thioether (sulfide) groups is 1. The summed E-state index contributed by atoms with van der Waals surface area (Å²) >= 11 is 7.04. The lowest BCUT2D eigenvalue weighted by Crippen LogP contribution is -2.44. The maximum absolute atomic E-state index is 5.32. The largest absolute Gasteiger partial charge is 0.467 e. The molecule has 0 amide bonds. The Bertz CT molecular complexity index is 326. The first-order valence-electron chi connectivity index (χ1n) is 4.96. The van der Waals surface area contributed by atoms with Crippen molar-refractivity contribution in [1.29, 1.82) is 0 Å². The Balaban J connectivity index is 1.97. The molecule has 0 bridgehead atoms. The molecule has 0 aromatic carbocycles. The third kappa shape index (κ3) is 2.74. The minimum atomic E-state index is 0.773. The molecule has 0 atom stereocenters. The Morgan fingerprint density at radius 3 is 3.13 bits per heavy atom. The predicted molar refractivity (Wildman–Crippen MR) is 66.6 cm³/mol. The maximum atomic E-state index is 5.32. The molecule has 2 heterocycles. The SMILES string of the molecule is CCN1CSC(=S)N(Cc2ccco2)C1. The summed E-state index contributed by atoms with van der Waals surface area (Å²) in [4.78, 5) is 4.52. The van der Waals surface area contributed by atoms with Gasteiger partial charge in [0.05, 0.1) is 25.4 Å². The van der Waals surface area contributed by atoms with Gasteiger partial charge in [-0.25, -0.2) is 0 Å². The molecule has 1 aromatic rings. The summed E-state index contributed by atoms with van der Waals surface area (Å²) in [6, 6.07) is 3.89. The van der Waals surface area contributed by atoms with Gasteiger partial charge in [0.25, 0.3) is 0 Å². The molecule has 3 nitrogen and oxygen atoms in total. The number of rotatable bonds is 3. The molecule has 0 radical (unpaired) electrons. The smallest absolute Gasteiger partial charge is 0.139 e. The Morgan fingerprint density at radius 2 is 2.47 bits per heavy atom. The second-order valence-corrected chi connectivity index (χ2v) is 5.02. The topological polar surface area (TPSA) is 19.6 Å². The van der Waals surface area contributed by atoms with E-state index >= 15 is 0 Å². The molecule has 0 aliphatic carbocycles. The average molecular weight is 242 g/mol. The van der Waals surface area contributed by atoms with Crippen molar-refractivity contribution in [1.82, 2.24) is 9.80 Å². The fourth-order valence-electron chi connectivity index (χ4n) is 1.47. The second kappa shape index (κ2) is 5.01. The van der Waals surface area contributed by atoms with Crippen LogP contribution in [-0.4, -0.2) is 33.2 Å². The van der Waals surface area contributed by atoms with Crippen LogP contribution in [0.25, 0.3) is 0 Å². The molecule has 1 aromatic heterocycles. The highest BCUT2D eigenvalue weighted by atomic mass is 32.2. The van der Waals surface area contributed by atoms with Gasteiger partial charge in [-0.1, -0.05) is 30.9 Å². The molecule has 1 fully saturated rings. The molecule has 0 spiro atoms. The van der Waals surface area contributed by atoms with E-state index in [1.165, 1.54) is 0 Å². The van der Waals surface area contributed by atoms with Gasteiger partial charge in [-0.2, -0.15) is 0 Å². The fraction of sp³-hybridized carbons (Fsp3) is 0.500. The fourth-order valence-corrected chi connectivity index (χ4v) is 2.62. The number of thiocarbonyl (C=S) groups is 1. The molecule has 82 valence electrons. The number of furan rings is 1. The van der Waals surface area contributed by atoms with Gasteiger partial charge in [0.1, 0.15) is 10.1 Å². The van der Waals surface area contributed by atoms with Gasteiger partial charge in [-0.15, -0.1) is 0 Å². The molecule has 1 aliphatic rings. The van der Waals surface area contributed by atoms with Crippen molar-refractivity contribution >= 4 is 28.3 Å².